The summed E-state index contributed by atoms with van der Waals surface area (Å²) in [5, 5.41) is 3.82. The van der Waals surface area contributed by atoms with E-state index < -0.39 is 0 Å². The van der Waals surface area contributed by atoms with E-state index in [1.165, 1.54) is 0 Å². The predicted molar refractivity (Wildman–Crippen MR) is 117 cm³/mol. The van der Waals surface area contributed by atoms with Crippen LogP contribution in [0, 0.1) is 0 Å². The lowest BCUT2D eigenvalue weighted by atomic mass is 10.0. The number of hydrogen-bond donors (Lipinski definition) is 2. The Morgan fingerprint density at radius 1 is 1.21 bits per heavy atom. The first-order valence-corrected chi connectivity index (χ1v) is 10.4. The number of likely N-dealkylation sites (N-methyl/N-ethyl adjacent to an activating group) is 1. The van der Waals surface area contributed by atoms with Gasteiger partial charge in [0, 0.05) is 54.7 Å². The standard InChI is InChI=1S/C22H26ClN5O/c1-27-11-13-28(14-12-27)26-21(29)7-4-5-17-18-15-16(23)8-9-19(18)25-22(17)20-6-2-3-10-24-20/h2-3,6,8-10,15,25H,4-5,7,11-14H2,1H3,(H,26,29). The quantitative estimate of drug-likeness (QED) is 0.651. The molecule has 0 atom stereocenters. The zero-order valence-corrected chi connectivity index (χ0v) is 17.4. The summed E-state index contributed by atoms with van der Waals surface area (Å²) in [6, 6.07) is 11.7. The second-order valence-corrected chi connectivity index (χ2v) is 8.00. The van der Waals surface area contributed by atoms with Gasteiger partial charge >= 0.3 is 0 Å². The lowest BCUT2D eigenvalue weighted by molar-refractivity contribution is -0.126. The molecule has 3 aromatic rings. The number of amides is 1. The van der Waals surface area contributed by atoms with Crippen LogP contribution in [0.1, 0.15) is 18.4 Å². The summed E-state index contributed by atoms with van der Waals surface area (Å²) < 4.78 is 0. The number of H-pyrrole nitrogens is 1. The molecule has 1 aliphatic heterocycles. The molecule has 7 heteroatoms. The second kappa shape index (κ2) is 8.95. The number of halogens is 1. The van der Waals surface area contributed by atoms with Crippen molar-refractivity contribution < 1.29 is 4.79 Å². The fourth-order valence-electron chi connectivity index (χ4n) is 3.79. The summed E-state index contributed by atoms with van der Waals surface area (Å²) in [6.07, 6.45) is 3.82. The minimum absolute atomic E-state index is 0.0758. The van der Waals surface area contributed by atoms with E-state index in [1.54, 1.807) is 6.20 Å². The molecule has 0 radical (unpaired) electrons. The molecule has 0 bridgehead atoms. The van der Waals surface area contributed by atoms with E-state index in [-0.39, 0.29) is 5.91 Å². The molecule has 3 heterocycles. The number of nitrogens with zero attached hydrogens (tertiary/aromatic N) is 3. The number of hydrazine groups is 1. The predicted octanol–water partition coefficient (Wildman–Crippen LogP) is 3.48. The van der Waals surface area contributed by atoms with Crippen LogP contribution in [-0.2, 0) is 11.2 Å². The van der Waals surface area contributed by atoms with E-state index >= 15 is 0 Å². The Morgan fingerprint density at radius 2 is 2.03 bits per heavy atom. The molecule has 0 spiro atoms. The highest BCUT2D eigenvalue weighted by Gasteiger charge is 2.17. The number of piperazine rings is 1. The molecule has 2 aromatic heterocycles. The molecule has 0 saturated carbocycles. The van der Waals surface area contributed by atoms with Crippen molar-refractivity contribution in [1.82, 2.24) is 25.3 Å². The Bertz CT molecular complexity index is 980. The van der Waals surface area contributed by atoms with Crippen molar-refractivity contribution in [2.45, 2.75) is 19.3 Å². The number of carbonyl (C=O) groups is 1. The number of carbonyl (C=O) groups excluding carboxylic acids is 1. The Labute approximate surface area is 175 Å². The highest BCUT2D eigenvalue weighted by atomic mass is 35.5. The number of aromatic amines is 1. The van der Waals surface area contributed by atoms with Gasteiger partial charge in [0.1, 0.15) is 0 Å². The number of pyridine rings is 1. The van der Waals surface area contributed by atoms with E-state index in [0.717, 1.165) is 66.9 Å². The molecule has 4 rings (SSSR count). The van der Waals surface area contributed by atoms with E-state index in [9.17, 15) is 4.79 Å². The fraction of sp³-hybridized carbons (Fsp3) is 0.364. The molecule has 1 saturated heterocycles. The Hall–Kier alpha value is -2.41. The number of hydrogen-bond acceptors (Lipinski definition) is 4. The summed E-state index contributed by atoms with van der Waals surface area (Å²) in [5.74, 6) is 0.0758. The fourth-order valence-corrected chi connectivity index (χ4v) is 3.96. The molecule has 1 amide bonds. The van der Waals surface area contributed by atoms with E-state index in [4.69, 9.17) is 11.6 Å². The van der Waals surface area contributed by atoms with E-state index in [1.807, 2.05) is 41.4 Å². The third-order valence-electron chi connectivity index (χ3n) is 5.41. The van der Waals surface area contributed by atoms with Gasteiger partial charge in [-0.15, -0.1) is 0 Å². The first-order valence-electron chi connectivity index (χ1n) is 10.0. The average Bonchev–Trinajstić information content (AvgIpc) is 3.08. The van der Waals surface area contributed by atoms with Gasteiger partial charge in [-0.05, 0) is 55.8 Å². The topological polar surface area (TPSA) is 64.3 Å². The van der Waals surface area contributed by atoms with Crippen LogP contribution in [0.4, 0.5) is 0 Å². The molecule has 1 fully saturated rings. The van der Waals surface area contributed by atoms with Crippen LogP contribution >= 0.6 is 11.6 Å². The minimum Gasteiger partial charge on any atom is -0.353 e. The van der Waals surface area contributed by atoms with Gasteiger partial charge in [0.05, 0.1) is 11.4 Å². The maximum Gasteiger partial charge on any atom is 0.234 e. The van der Waals surface area contributed by atoms with Crippen LogP contribution in [0.25, 0.3) is 22.3 Å². The lowest BCUT2D eigenvalue weighted by Crippen LogP contribution is -2.52. The van der Waals surface area contributed by atoms with Gasteiger partial charge in [-0.1, -0.05) is 17.7 Å². The van der Waals surface area contributed by atoms with Crippen molar-refractivity contribution in [2.75, 3.05) is 33.2 Å². The van der Waals surface area contributed by atoms with Crippen molar-refractivity contribution in [1.29, 1.82) is 0 Å². The Kier molecular flexibility index (Phi) is 6.13. The van der Waals surface area contributed by atoms with Gasteiger partial charge in [-0.25, -0.2) is 5.01 Å². The average molecular weight is 412 g/mol. The van der Waals surface area contributed by atoms with Gasteiger partial charge in [-0.3, -0.25) is 15.2 Å². The van der Waals surface area contributed by atoms with Crippen molar-refractivity contribution in [3.63, 3.8) is 0 Å². The molecule has 6 nitrogen and oxygen atoms in total. The minimum atomic E-state index is 0.0758. The summed E-state index contributed by atoms with van der Waals surface area (Å²) in [7, 11) is 2.10. The molecule has 1 aliphatic rings. The lowest BCUT2D eigenvalue weighted by Gasteiger charge is -2.32. The summed E-state index contributed by atoms with van der Waals surface area (Å²) >= 11 is 6.25. The molecule has 152 valence electrons. The van der Waals surface area contributed by atoms with Crippen LogP contribution in [-0.4, -0.2) is 59.0 Å². The Morgan fingerprint density at radius 3 is 2.79 bits per heavy atom. The number of nitrogens with one attached hydrogen (secondary N) is 2. The summed E-state index contributed by atoms with van der Waals surface area (Å²) in [6.45, 7) is 3.69. The largest absolute Gasteiger partial charge is 0.353 e. The summed E-state index contributed by atoms with van der Waals surface area (Å²) in [5.41, 5.74) is 7.14. The molecular weight excluding hydrogens is 386 g/mol. The number of aromatic nitrogens is 2. The molecule has 0 aliphatic carbocycles. The van der Waals surface area contributed by atoms with Crippen LogP contribution in [0.5, 0.6) is 0 Å². The monoisotopic (exact) mass is 411 g/mol. The highest BCUT2D eigenvalue weighted by molar-refractivity contribution is 6.31. The first-order chi connectivity index (χ1) is 14.1. The van der Waals surface area contributed by atoms with Crippen molar-refractivity contribution in [3.05, 3.63) is 53.2 Å². The van der Waals surface area contributed by atoms with Crippen LogP contribution in [0.15, 0.2) is 42.6 Å². The highest BCUT2D eigenvalue weighted by Crippen LogP contribution is 2.32. The molecule has 1 aromatic carbocycles. The normalized spacial score (nSPS) is 15.7. The van der Waals surface area contributed by atoms with Gasteiger partial charge in [-0.2, -0.15) is 0 Å². The first kappa shape index (κ1) is 19.9. The maximum absolute atomic E-state index is 12.4. The zero-order chi connectivity index (χ0) is 20.2. The number of benzene rings is 1. The van der Waals surface area contributed by atoms with Crippen LogP contribution in [0.3, 0.4) is 0 Å². The number of fused-ring (bicyclic) bond motifs is 1. The van der Waals surface area contributed by atoms with Crippen molar-refractivity contribution in [3.8, 4) is 11.4 Å². The van der Waals surface area contributed by atoms with Crippen LogP contribution < -0.4 is 5.43 Å². The van der Waals surface area contributed by atoms with E-state index in [0.29, 0.717) is 11.4 Å². The smallest absolute Gasteiger partial charge is 0.234 e. The zero-order valence-electron chi connectivity index (χ0n) is 16.6. The van der Waals surface area contributed by atoms with Crippen molar-refractivity contribution >= 4 is 28.4 Å². The van der Waals surface area contributed by atoms with Gasteiger partial charge in [0.2, 0.25) is 5.91 Å². The summed E-state index contributed by atoms with van der Waals surface area (Å²) in [4.78, 5) is 22.6. The second-order valence-electron chi connectivity index (χ2n) is 7.56. The molecular formula is C22H26ClN5O. The van der Waals surface area contributed by atoms with Gasteiger partial charge in [0.25, 0.3) is 0 Å². The number of aryl methyl sites for hydroxylation is 1. The molecule has 29 heavy (non-hydrogen) atoms. The maximum atomic E-state index is 12.4. The third-order valence-corrected chi connectivity index (χ3v) is 5.64. The molecule has 2 N–H and O–H groups in total. The Balaban J connectivity index is 1.45. The van der Waals surface area contributed by atoms with Crippen LogP contribution in [0.2, 0.25) is 5.02 Å². The van der Waals surface area contributed by atoms with Gasteiger partial charge < -0.3 is 9.88 Å². The van der Waals surface area contributed by atoms with E-state index in [2.05, 4.69) is 27.3 Å². The number of rotatable bonds is 6. The van der Waals surface area contributed by atoms with Gasteiger partial charge in [0.15, 0.2) is 0 Å². The molecule has 0 unspecified atom stereocenters. The third kappa shape index (κ3) is 4.78. The SMILES string of the molecule is CN1CCN(NC(=O)CCCc2c(-c3ccccn3)[nH]c3ccc(Cl)cc23)CC1. The van der Waals surface area contributed by atoms with Crippen molar-refractivity contribution in [2.24, 2.45) is 0 Å².